The van der Waals surface area contributed by atoms with E-state index in [1.54, 1.807) is 14.0 Å². The average Bonchev–Trinajstić information content (AvgIpc) is 2.69. The Morgan fingerprint density at radius 3 is 2.52 bits per heavy atom. The van der Waals surface area contributed by atoms with Crippen LogP contribution >= 0.6 is 0 Å². The van der Waals surface area contributed by atoms with Crippen molar-refractivity contribution in [3.05, 3.63) is 59.7 Å². The third kappa shape index (κ3) is 4.10. The number of hydrogen-bond acceptors (Lipinski definition) is 3. The van der Waals surface area contributed by atoms with Gasteiger partial charge in [0.2, 0.25) is 5.91 Å². The molecule has 0 saturated carbocycles. The van der Waals surface area contributed by atoms with E-state index in [0.29, 0.717) is 18.0 Å². The van der Waals surface area contributed by atoms with Crippen molar-refractivity contribution in [3.63, 3.8) is 0 Å². The third-order valence-corrected chi connectivity index (χ3v) is 6.61. The van der Waals surface area contributed by atoms with Crippen LogP contribution in [0, 0.1) is 6.92 Å². The lowest BCUT2D eigenvalue weighted by Gasteiger charge is -2.57. The predicted molar refractivity (Wildman–Crippen MR) is 117 cm³/mol. The number of amides is 1. The van der Waals surface area contributed by atoms with Gasteiger partial charge < -0.3 is 9.64 Å². The normalized spacial score (nSPS) is 24.9. The van der Waals surface area contributed by atoms with Gasteiger partial charge in [-0.05, 0) is 43.0 Å². The number of rotatable bonds is 4. The number of methoxy groups -OCH3 is 1. The molecule has 0 aliphatic carbocycles. The van der Waals surface area contributed by atoms with Crippen molar-refractivity contribution >= 4 is 5.91 Å². The Kier molecular flexibility index (Phi) is 6.02. The van der Waals surface area contributed by atoms with Crippen LogP contribution in [0.1, 0.15) is 36.8 Å². The molecule has 2 aromatic rings. The van der Waals surface area contributed by atoms with Crippen molar-refractivity contribution in [3.8, 4) is 11.1 Å². The van der Waals surface area contributed by atoms with Crippen LogP contribution in [0.2, 0.25) is 0 Å². The number of carbonyl (C=O) groups is 1. The lowest BCUT2D eigenvalue weighted by atomic mass is 9.74. The van der Waals surface area contributed by atoms with Gasteiger partial charge in [0.05, 0.1) is 6.61 Å². The second-order valence-corrected chi connectivity index (χ2v) is 8.52. The van der Waals surface area contributed by atoms with Crippen LogP contribution < -0.4 is 0 Å². The molecule has 0 N–H and O–H groups in total. The summed E-state index contributed by atoms with van der Waals surface area (Å²) >= 11 is 0. The van der Waals surface area contributed by atoms with E-state index in [0.717, 1.165) is 39.1 Å². The van der Waals surface area contributed by atoms with E-state index in [9.17, 15) is 4.79 Å². The average molecular weight is 393 g/mol. The van der Waals surface area contributed by atoms with Gasteiger partial charge in [0.25, 0.3) is 0 Å². The molecule has 2 aliphatic rings. The Bertz CT molecular complexity index is 848. The first-order chi connectivity index (χ1) is 14.1. The summed E-state index contributed by atoms with van der Waals surface area (Å²) in [6.07, 6.45) is 2.22. The van der Waals surface area contributed by atoms with E-state index in [1.807, 2.05) is 4.90 Å². The lowest BCUT2D eigenvalue weighted by Crippen LogP contribution is -2.68. The molecule has 0 spiro atoms. The highest BCUT2D eigenvalue weighted by atomic mass is 16.5. The molecule has 4 rings (SSSR count). The van der Waals surface area contributed by atoms with Crippen molar-refractivity contribution in [2.45, 2.75) is 44.7 Å². The minimum absolute atomic E-state index is 0.190. The fourth-order valence-electron chi connectivity index (χ4n) is 5.10. The van der Waals surface area contributed by atoms with Crippen LogP contribution in [0.5, 0.6) is 0 Å². The molecule has 2 aliphatic heterocycles. The molecule has 0 bridgehead atoms. The van der Waals surface area contributed by atoms with Gasteiger partial charge >= 0.3 is 0 Å². The highest BCUT2D eigenvalue weighted by Gasteiger charge is 2.49. The molecule has 1 amide bonds. The molecule has 2 fully saturated rings. The molecule has 29 heavy (non-hydrogen) atoms. The van der Waals surface area contributed by atoms with Gasteiger partial charge in [0.15, 0.2) is 0 Å². The van der Waals surface area contributed by atoms with Crippen LogP contribution in [0.15, 0.2) is 48.5 Å². The molecule has 0 aromatic heterocycles. The van der Waals surface area contributed by atoms with Gasteiger partial charge in [0.1, 0.15) is 0 Å². The standard InChI is InChI=1S/C25H32N2O2/c1-18-7-6-8-22(15-18)20-9-11-21(12-10-20)25-23-16-26(19(2)28)13-4-5-14-27(23)24(25)17-29-3/h6-12,15,23-25H,4-5,13-14,16-17H2,1-3H3/t23-,24+,25-/m0/s1. The quantitative estimate of drug-likeness (QED) is 0.786. The van der Waals surface area contributed by atoms with Crippen molar-refractivity contribution in [2.75, 3.05) is 33.4 Å². The SMILES string of the molecule is COC[C@@H]1[C@@H](c2ccc(-c3cccc(C)c3)cc2)[C@@H]2CN(C(C)=O)CCCCN12. The number of ether oxygens (including phenoxy) is 1. The van der Waals surface area contributed by atoms with Crippen molar-refractivity contribution in [1.29, 1.82) is 0 Å². The summed E-state index contributed by atoms with van der Waals surface area (Å²) < 4.78 is 5.58. The molecule has 4 heteroatoms. The Morgan fingerprint density at radius 2 is 1.83 bits per heavy atom. The van der Waals surface area contributed by atoms with Crippen LogP contribution in [0.3, 0.4) is 0 Å². The summed E-state index contributed by atoms with van der Waals surface area (Å²) in [6.45, 7) is 7.37. The van der Waals surface area contributed by atoms with E-state index in [2.05, 4.69) is 60.4 Å². The molecule has 2 heterocycles. The highest BCUT2D eigenvalue weighted by Crippen LogP contribution is 2.42. The van der Waals surface area contributed by atoms with Gasteiger partial charge in [-0.2, -0.15) is 0 Å². The lowest BCUT2D eigenvalue weighted by molar-refractivity contribution is -0.134. The van der Waals surface area contributed by atoms with Crippen LogP contribution in [0.25, 0.3) is 11.1 Å². The van der Waals surface area contributed by atoms with Gasteiger partial charge in [-0.25, -0.2) is 0 Å². The second-order valence-electron chi connectivity index (χ2n) is 8.52. The minimum atomic E-state index is 0.190. The Hall–Kier alpha value is -2.17. The van der Waals surface area contributed by atoms with Gasteiger partial charge in [-0.15, -0.1) is 0 Å². The van der Waals surface area contributed by atoms with Gasteiger partial charge in [-0.1, -0.05) is 54.1 Å². The highest BCUT2D eigenvalue weighted by molar-refractivity contribution is 5.73. The summed E-state index contributed by atoms with van der Waals surface area (Å²) in [5, 5.41) is 0. The summed E-state index contributed by atoms with van der Waals surface area (Å²) in [7, 11) is 1.79. The number of carbonyl (C=O) groups excluding carboxylic acids is 1. The van der Waals surface area contributed by atoms with Crippen LogP contribution in [-0.4, -0.2) is 61.1 Å². The molecule has 3 atom stereocenters. The molecule has 154 valence electrons. The maximum atomic E-state index is 12.1. The summed E-state index contributed by atoms with van der Waals surface area (Å²) in [6, 6.07) is 18.4. The second kappa shape index (κ2) is 8.68. The fraction of sp³-hybridized carbons (Fsp3) is 0.480. The van der Waals surface area contributed by atoms with Crippen molar-refractivity contribution in [2.24, 2.45) is 0 Å². The topological polar surface area (TPSA) is 32.8 Å². The largest absolute Gasteiger partial charge is 0.383 e. The maximum absolute atomic E-state index is 12.1. The first-order valence-corrected chi connectivity index (χ1v) is 10.8. The zero-order valence-corrected chi connectivity index (χ0v) is 17.8. The van der Waals surface area contributed by atoms with E-state index in [-0.39, 0.29) is 5.91 Å². The molecule has 2 aromatic carbocycles. The number of aryl methyl sites for hydroxylation is 1. The minimum Gasteiger partial charge on any atom is -0.383 e. The van der Waals surface area contributed by atoms with E-state index in [1.165, 1.54) is 22.3 Å². The predicted octanol–water partition coefficient (Wildman–Crippen LogP) is 4.09. The van der Waals surface area contributed by atoms with Crippen LogP contribution in [0.4, 0.5) is 0 Å². The van der Waals surface area contributed by atoms with E-state index in [4.69, 9.17) is 4.74 Å². The summed E-state index contributed by atoms with van der Waals surface area (Å²) in [5.74, 6) is 0.594. The smallest absolute Gasteiger partial charge is 0.219 e. The number of benzene rings is 2. The molecule has 0 unspecified atom stereocenters. The van der Waals surface area contributed by atoms with Gasteiger partial charge in [-0.3, -0.25) is 9.69 Å². The molecule has 4 nitrogen and oxygen atoms in total. The first kappa shape index (κ1) is 20.1. The van der Waals surface area contributed by atoms with Gasteiger partial charge in [0, 0.05) is 45.1 Å². The Morgan fingerprint density at radius 1 is 1.07 bits per heavy atom. The fourth-order valence-corrected chi connectivity index (χ4v) is 5.10. The molecule has 2 saturated heterocycles. The van der Waals surface area contributed by atoms with E-state index < -0.39 is 0 Å². The number of hydrogen-bond donors (Lipinski definition) is 0. The summed E-state index contributed by atoms with van der Waals surface area (Å²) in [4.78, 5) is 16.7. The molecular weight excluding hydrogens is 360 g/mol. The zero-order valence-electron chi connectivity index (χ0n) is 17.8. The number of fused-ring (bicyclic) bond motifs is 1. The Labute approximate surface area is 174 Å². The van der Waals surface area contributed by atoms with Crippen molar-refractivity contribution < 1.29 is 9.53 Å². The molecule has 0 radical (unpaired) electrons. The molecular formula is C25H32N2O2. The first-order valence-electron chi connectivity index (χ1n) is 10.8. The van der Waals surface area contributed by atoms with Crippen molar-refractivity contribution in [1.82, 2.24) is 9.80 Å². The van der Waals surface area contributed by atoms with Crippen LogP contribution in [-0.2, 0) is 9.53 Å². The van der Waals surface area contributed by atoms with E-state index >= 15 is 0 Å². The maximum Gasteiger partial charge on any atom is 0.219 e. The third-order valence-electron chi connectivity index (χ3n) is 6.61. The Balaban J connectivity index is 1.59. The summed E-state index contributed by atoms with van der Waals surface area (Å²) in [5.41, 5.74) is 5.14. The zero-order chi connectivity index (χ0) is 20.4. The monoisotopic (exact) mass is 392 g/mol. The number of nitrogens with zero attached hydrogens (tertiary/aromatic N) is 2.